The quantitative estimate of drug-likeness (QED) is 0.845. The van der Waals surface area contributed by atoms with Crippen LogP contribution in [0.3, 0.4) is 0 Å². The molecular formula is C13H20N4OS. The minimum Gasteiger partial charge on any atom is -0.465 e. The third kappa shape index (κ3) is 4.33. The lowest BCUT2D eigenvalue weighted by Crippen LogP contribution is -2.16. The standard InChI is InChI=1S/C13H20N4OS/c1-4-7-14-13-16-15-12(19-13)9-17(3)8-11-6-5-10(2)18-11/h5-6H,4,7-9H2,1-3H3,(H,14,16). The second-order valence-corrected chi connectivity index (χ2v) is 5.67. The van der Waals surface area contributed by atoms with E-state index in [2.05, 4.69) is 34.4 Å². The van der Waals surface area contributed by atoms with E-state index in [1.54, 1.807) is 11.3 Å². The van der Waals surface area contributed by atoms with Gasteiger partial charge in [0, 0.05) is 6.54 Å². The average molecular weight is 280 g/mol. The molecule has 2 aromatic heterocycles. The molecule has 5 nitrogen and oxygen atoms in total. The first-order valence-corrected chi connectivity index (χ1v) is 7.29. The molecule has 2 rings (SSSR count). The van der Waals surface area contributed by atoms with E-state index in [0.29, 0.717) is 0 Å². The third-order valence-electron chi connectivity index (χ3n) is 2.62. The molecule has 6 heteroatoms. The largest absolute Gasteiger partial charge is 0.465 e. The Morgan fingerprint density at radius 2 is 2.16 bits per heavy atom. The van der Waals surface area contributed by atoms with Gasteiger partial charge in [0.2, 0.25) is 5.13 Å². The van der Waals surface area contributed by atoms with Gasteiger partial charge >= 0.3 is 0 Å². The van der Waals surface area contributed by atoms with Crippen LogP contribution in [0.5, 0.6) is 0 Å². The van der Waals surface area contributed by atoms with Crippen molar-refractivity contribution in [3.8, 4) is 0 Å². The van der Waals surface area contributed by atoms with Gasteiger partial charge in [-0.1, -0.05) is 18.3 Å². The molecule has 0 bridgehead atoms. The van der Waals surface area contributed by atoms with Gasteiger partial charge in [-0.15, -0.1) is 10.2 Å². The summed E-state index contributed by atoms with van der Waals surface area (Å²) in [7, 11) is 2.05. The van der Waals surface area contributed by atoms with E-state index < -0.39 is 0 Å². The Labute approximate surface area is 117 Å². The average Bonchev–Trinajstić information content (AvgIpc) is 2.96. The van der Waals surface area contributed by atoms with Crippen molar-refractivity contribution in [3.63, 3.8) is 0 Å². The summed E-state index contributed by atoms with van der Waals surface area (Å²) in [5, 5.41) is 13.5. The minimum atomic E-state index is 0.783. The summed E-state index contributed by atoms with van der Waals surface area (Å²) in [6, 6.07) is 4.00. The molecule has 1 N–H and O–H groups in total. The second-order valence-electron chi connectivity index (χ2n) is 4.61. The summed E-state index contributed by atoms with van der Waals surface area (Å²) in [6.45, 7) is 6.60. The Balaban J connectivity index is 1.84. The normalized spacial score (nSPS) is 11.2. The number of nitrogens with one attached hydrogen (secondary N) is 1. The van der Waals surface area contributed by atoms with E-state index in [-0.39, 0.29) is 0 Å². The van der Waals surface area contributed by atoms with E-state index in [9.17, 15) is 0 Å². The zero-order valence-corrected chi connectivity index (χ0v) is 12.5. The Kier molecular flexibility index (Phi) is 4.93. The van der Waals surface area contributed by atoms with Crippen LogP contribution in [-0.2, 0) is 13.1 Å². The maximum absolute atomic E-state index is 5.56. The first-order valence-electron chi connectivity index (χ1n) is 6.47. The van der Waals surface area contributed by atoms with Gasteiger partial charge < -0.3 is 9.73 Å². The molecule has 0 aromatic carbocycles. The number of furan rings is 1. The zero-order valence-electron chi connectivity index (χ0n) is 11.6. The topological polar surface area (TPSA) is 54.2 Å². The fourth-order valence-corrected chi connectivity index (χ4v) is 2.59. The molecular weight excluding hydrogens is 260 g/mol. The van der Waals surface area contributed by atoms with Crippen molar-refractivity contribution in [2.24, 2.45) is 0 Å². The molecule has 0 spiro atoms. The number of hydrogen-bond acceptors (Lipinski definition) is 6. The van der Waals surface area contributed by atoms with Gasteiger partial charge in [0.05, 0.1) is 13.1 Å². The van der Waals surface area contributed by atoms with Crippen LogP contribution in [0, 0.1) is 6.92 Å². The van der Waals surface area contributed by atoms with Crippen molar-refractivity contribution in [1.82, 2.24) is 15.1 Å². The Morgan fingerprint density at radius 3 is 2.84 bits per heavy atom. The lowest BCUT2D eigenvalue weighted by molar-refractivity contribution is 0.284. The van der Waals surface area contributed by atoms with E-state index in [0.717, 1.165) is 47.7 Å². The molecule has 104 valence electrons. The summed E-state index contributed by atoms with van der Waals surface area (Å²) < 4.78 is 5.56. The van der Waals surface area contributed by atoms with Crippen LogP contribution in [0.15, 0.2) is 16.5 Å². The molecule has 0 saturated heterocycles. The SMILES string of the molecule is CCCNc1nnc(CN(C)Cc2ccc(C)o2)s1. The number of hydrogen-bond donors (Lipinski definition) is 1. The third-order valence-corrected chi connectivity index (χ3v) is 3.49. The molecule has 0 aliphatic rings. The van der Waals surface area contributed by atoms with Crippen LogP contribution in [0.25, 0.3) is 0 Å². The highest BCUT2D eigenvalue weighted by Crippen LogP contribution is 2.17. The summed E-state index contributed by atoms with van der Waals surface area (Å²) in [4.78, 5) is 2.17. The minimum absolute atomic E-state index is 0.783. The van der Waals surface area contributed by atoms with Crippen LogP contribution < -0.4 is 5.32 Å². The molecule has 2 heterocycles. The van der Waals surface area contributed by atoms with E-state index in [1.165, 1.54) is 0 Å². The number of rotatable bonds is 7. The second kappa shape index (κ2) is 6.68. The highest BCUT2D eigenvalue weighted by atomic mass is 32.1. The molecule has 0 fully saturated rings. The van der Waals surface area contributed by atoms with Gasteiger partial charge in [-0.3, -0.25) is 4.90 Å². The van der Waals surface area contributed by atoms with Gasteiger partial charge in [-0.2, -0.15) is 0 Å². The van der Waals surface area contributed by atoms with Crippen molar-refractivity contribution in [1.29, 1.82) is 0 Å². The smallest absolute Gasteiger partial charge is 0.205 e. The number of aromatic nitrogens is 2. The summed E-state index contributed by atoms with van der Waals surface area (Å²) >= 11 is 1.61. The molecule has 0 aliphatic carbocycles. The molecule has 0 unspecified atom stereocenters. The monoisotopic (exact) mass is 280 g/mol. The predicted octanol–water partition coefficient (Wildman–Crippen LogP) is 2.89. The van der Waals surface area contributed by atoms with E-state index in [4.69, 9.17) is 4.42 Å². The number of anilines is 1. The Morgan fingerprint density at radius 1 is 1.32 bits per heavy atom. The van der Waals surface area contributed by atoms with Crippen molar-refractivity contribution < 1.29 is 4.42 Å². The lowest BCUT2D eigenvalue weighted by atomic mass is 10.4. The molecule has 0 radical (unpaired) electrons. The van der Waals surface area contributed by atoms with Gasteiger partial charge in [-0.05, 0) is 32.5 Å². The Bertz CT molecular complexity index is 508. The predicted molar refractivity (Wildman–Crippen MR) is 77.3 cm³/mol. The number of aryl methyl sites for hydroxylation is 1. The molecule has 0 saturated carbocycles. The first kappa shape index (κ1) is 14.0. The summed E-state index contributed by atoms with van der Waals surface area (Å²) in [6.07, 6.45) is 1.09. The fourth-order valence-electron chi connectivity index (χ4n) is 1.74. The number of nitrogens with zero attached hydrogens (tertiary/aromatic N) is 3. The highest BCUT2D eigenvalue weighted by Gasteiger charge is 2.09. The van der Waals surface area contributed by atoms with Gasteiger partial charge in [-0.25, -0.2) is 0 Å². The van der Waals surface area contributed by atoms with Gasteiger partial charge in [0.25, 0.3) is 0 Å². The molecule has 0 atom stereocenters. The molecule has 0 aliphatic heterocycles. The summed E-state index contributed by atoms with van der Waals surface area (Å²) in [5.74, 6) is 1.93. The maximum atomic E-state index is 5.56. The lowest BCUT2D eigenvalue weighted by Gasteiger charge is -2.12. The van der Waals surface area contributed by atoms with Gasteiger partial charge in [0.15, 0.2) is 0 Å². The molecule has 2 aromatic rings. The van der Waals surface area contributed by atoms with Crippen LogP contribution in [-0.4, -0.2) is 28.7 Å². The zero-order chi connectivity index (χ0) is 13.7. The van der Waals surface area contributed by atoms with Crippen molar-refractivity contribution in [3.05, 3.63) is 28.7 Å². The maximum Gasteiger partial charge on any atom is 0.205 e. The van der Waals surface area contributed by atoms with Crippen LogP contribution in [0.1, 0.15) is 29.9 Å². The summed E-state index contributed by atoms with van der Waals surface area (Å²) in [5.41, 5.74) is 0. The van der Waals surface area contributed by atoms with E-state index >= 15 is 0 Å². The van der Waals surface area contributed by atoms with Crippen molar-refractivity contribution in [2.45, 2.75) is 33.4 Å². The highest BCUT2D eigenvalue weighted by molar-refractivity contribution is 7.15. The van der Waals surface area contributed by atoms with Crippen LogP contribution >= 0.6 is 11.3 Å². The molecule has 19 heavy (non-hydrogen) atoms. The van der Waals surface area contributed by atoms with Gasteiger partial charge in [0.1, 0.15) is 16.5 Å². The van der Waals surface area contributed by atoms with Crippen LogP contribution in [0.2, 0.25) is 0 Å². The van der Waals surface area contributed by atoms with Crippen LogP contribution in [0.4, 0.5) is 5.13 Å². The Hall–Kier alpha value is -1.40. The van der Waals surface area contributed by atoms with E-state index in [1.807, 2.05) is 19.1 Å². The first-order chi connectivity index (χ1) is 9.17. The van der Waals surface area contributed by atoms with Crippen molar-refractivity contribution in [2.75, 3.05) is 18.9 Å². The fraction of sp³-hybridized carbons (Fsp3) is 0.538. The van der Waals surface area contributed by atoms with Crippen molar-refractivity contribution >= 4 is 16.5 Å². The molecule has 0 amide bonds.